The highest BCUT2D eigenvalue weighted by molar-refractivity contribution is 7.99. The van der Waals surface area contributed by atoms with E-state index in [-0.39, 0.29) is 12.4 Å². The summed E-state index contributed by atoms with van der Waals surface area (Å²) >= 11 is 1.57. The first kappa shape index (κ1) is 11.7. The van der Waals surface area contributed by atoms with Crippen LogP contribution in [0.4, 0.5) is 0 Å². The highest BCUT2D eigenvalue weighted by Crippen LogP contribution is 2.05. The Morgan fingerprint density at radius 1 is 1.58 bits per heavy atom. The molecular formula is C7H16N2O2S. The molecule has 12 heavy (non-hydrogen) atoms. The Hall–Kier alpha value is -0.260. The van der Waals surface area contributed by atoms with E-state index in [0.29, 0.717) is 12.2 Å². The third kappa shape index (κ3) is 7.84. The van der Waals surface area contributed by atoms with Gasteiger partial charge in [-0.1, -0.05) is 0 Å². The number of hydrogen-bond acceptors (Lipinski definition) is 4. The number of nitrogens with two attached hydrogens (primary N) is 1. The van der Waals surface area contributed by atoms with Crippen LogP contribution >= 0.6 is 11.8 Å². The minimum absolute atomic E-state index is 0.181. The molecule has 0 heterocycles. The molecule has 0 aliphatic rings. The van der Waals surface area contributed by atoms with E-state index in [4.69, 9.17) is 21.4 Å². The molecule has 1 unspecified atom stereocenters. The van der Waals surface area contributed by atoms with Crippen LogP contribution < -0.4 is 5.73 Å². The van der Waals surface area contributed by atoms with Crippen molar-refractivity contribution in [2.45, 2.75) is 18.9 Å². The van der Waals surface area contributed by atoms with Crippen molar-refractivity contribution < 1.29 is 10.2 Å². The SMILES string of the molecule is N=C(N)CCCSCC(O)CO. The third-order valence-electron chi connectivity index (χ3n) is 1.26. The molecule has 0 fully saturated rings. The normalized spacial score (nSPS) is 12.8. The first-order valence-electron chi connectivity index (χ1n) is 3.86. The Morgan fingerprint density at radius 3 is 2.75 bits per heavy atom. The van der Waals surface area contributed by atoms with Crippen molar-refractivity contribution in [3.05, 3.63) is 0 Å². The Labute approximate surface area is 76.7 Å². The molecule has 72 valence electrons. The van der Waals surface area contributed by atoms with Crippen molar-refractivity contribution in [2.24, 2.45) is 5.73 Å². The van der Waals surface area contributed by atoms with Gasteiger partial charge in [0.2, 0.25) is 0 Å². The number of rotatable bonds is 7. The summed E-state index contributed by atoms with van der Waals surface area (Å²) in [6.45, 7) is -0.181. The van der Waals surface area contributed by atoms with Gasteiger partial charge in [0, 0.05) is 12.2 Å². The predicted octanol–water partition coefficient (Wildman–Crippen LogP) is -0.211. The topological polar surface area (TPSA) is 90.3 Å². The second kappa shape index (κ2) is 7.39. The highest BCUT2D eigenvalue weighted by Gasteiger charge is 2.00. The van der Waals surface area contributed by atoms with E-state index >= 15 is 0 Å². The molecular weight excluding hydrogens is 176 g/mol. The predicted molar refractivity (Wildman–Crippen MR) is 51.6 cm³/mol. The van der Waals surface area contributed by atoms with E-state index in [2.05, 4.69) is 0 Å². The average Bonchev–Trinajstić information content (AvgIpc) is 2.03. The zero-order valence-corrected chi connectivity index (χ0v) is 7.81. The van der Waals surface area contributed by atoms with Crippen molar-refractivity contribution >= 4 is 17.6 Å². The van der Waals surface area contributed by atoms with Crippen molar-refractivity contribution in [1.82, 2.24) is 0 Å². The summed E-state index contributed by atoms with van der Waals surface area (Å²) in [4.78, 5) is 0. The van der Waals surface area contributed by atoms with Gasteiger partial charge < -0.3 is 15.9 Å². The minimum atomic E-state index is -0.618. The monoisotopic (exact) mass is 192 g/mol. The maximum Gasteiger partial charge on any atom is 0.0905 e. The standard InChI is InChI=1S/C7H16N2O2S/c8-7(9)2-1-3-12-5-6(11)4-10/h6,10-11H,1-5H2,(H3,8,9). The van der Waals surface area contributed by atoms with Gasteiger partial charge in [0.25, 0.3) is 0 Å². The molecule has 0 saturated heterocycles. The molecule has 5 N–H and O–H groups in total. The number of amidine groups is 1. The molecule has 0 saturated carbocycles. The molecule has 0 aliphatic carbocycles. The van der Waals surface area contributed by atoms with E-state index in [1.165, 1.54) is 0 Å². The summed E-state index contributed by atoms with van der Waals surface area (Å²) in [6, 6.07) is 0. The van der Waals surface area contributed by atoms with E-state index in [0.717, 1.165) is 12.2 Å². The van der Waals surface area contributed by atoms with Gasteiger partial charge in [-0.15, -0.1) is 0 Å². The second-order valence-corrected chi connectivity index (χ2v) is 3.69. The van der Waals surface area contributed by atoms with Crippen molar-refractivity contribution in [2.75, 3.05) is 18.1 Å². The van der Waals surface area contributed by atoms with Crippen LogP contribution in [0.5, 0.6) is 0 Å². The maximum atomic E-state index is 8.93. The Morgan fingerprint density at radius 2 is 2.25 bits per heavy atom. The van der Waals surface area contributed by atoms with Crippen LogP contribution in [0.25, 0.3) is 0 Å². The van der Waals surface area contributed by atoms with Gasteiger partial charge in [-0.3, -0.25) is 5.41 Å². The van der Waals surface area contributed by atoms with E-state index in [1.807, 2.05) is 0 Å². The summed E-state index contributed by atoms with van der Waals surface area (Å²) in [6.07, 6.45) is 0.854. The molecule has 0 rings (SSSR count). The van der Waals surface area contributed by atoms with Gasteiger partial charge in [0.15, 0.2) is 0 Å². The fraction of sp³-hybridized carbons (Fsp3) is 0.857. The molecule has 0 aliphatic heterocycles. The van der Waals surface area contributed by atoms with Crippen molar-refractivity contribution in [3.63, 3.8) is 0 Å². The summed E-state index contributed by atoms with van der Waals surface area (Å²) in [5, 5.41) is 24.3. The first-order chi connectivity index (χ1) is 5.66. The lowest BCUT2D eigenvalue weighted by molar-refractivity contribution is 0.113. The summed E-state index contributed by atoms with van der Waals surface area (Å²) < 4.78 is 0. The Balaban J connectivity index is 3.05. The summed E-state index contributed by atoms with van der Waals surface area (Å²) in [5.74, 6) is 1.63. The summed E-state index contributed by atoms with van der Waals surface area (Å²) in [5.41, 5.74) is 5.15. The molecule has 0 radical (unpaired) electrons. The zero-order chi connectivity index (χ0) is 9.40. The molecule has 1 atom stereocenters. The smallest absolute Gasteiger partial charge is 0.0905 e. The lowest BCUT2D eigenvalue weighted by Crippen LogP contribution is -2.15. The van der Waals surface area contributed by atoms with Crippen LogP contribution in [0, 0.1) is 5.41 Å². The number of aliphatic hydroxyl groups excluding tert-OH is 2. The van der Waals surface area contributed by atoms with Gasteiger partial charge in [-0.2, -0.15) is 11.8 Å². The third-order valence-corrected chi connectivity index (χ3v) is 2.45. The quantitative estimate of drug-likeness (QED) is 0.255. The lowest BCUT2D eigenvalue weighted by atomic mass is 10.3. The maximum absolute atomic E-state index is 8.93. The molecule has 4 nitrogen and oxygen atoms in total. The highest BCUT2D eigenvalue weighted by atomic mass is 32.2. The molecule has 5 heteroatoms. The van der Waals surface area contributed by atoms with E-state index in [1.54, 1.807) is 11.8 Å². The molecule has 0 aromatic carbocycles. The van der Waals surface area contributed by atoms with Crippen LogP contribution in [0.1, 0.15) is 12.8 Å². The van der Waals surface area contributed by atoms with Gasteiger partial charge >= 0.3 is 0 Å². The largest absolute Gasteiger partial charge is 0.394 e. The first-order valence-corrected chi connectivity index (χ1v) is 5.02. The molecule has 0 bridgehead atoms. The fourth-order valence-electron chi connectivity index (χ4n) is 0.637. The Bertz CT molecular complexity index is 133. The fourth-order valence-corrected chi connectivity index (χ4v) is 1.53. The molecule has 0 aromatic heterocycles. The number of nitrogens with one attached hydrogen (secondary N) is 1. The average molecular weight is 192 g/mol. The molecule has 0 aromatic rings. The lowest BCUT2D eigenvalue weighted by Gasteiger charge is -2.05. The minimum Gasteiger partial charge on any atom is -0.394 e. The van der Waals surface area contributed by atoms with Gasteiger partial charge in [0.1, 0.15) is 0 Å². The van der Waals surface area contributed by atoms with Crippen LogP contribution in [0.3, 0.4) is 0 Å². The van der Waals surface area contributed by atoms with E-state index < -0.39 is 6.10 Å². The van der Waals surface area contributed by atoms with Gasteiger partial charge in [-0.05, 0) is 12.2 Å². The van der Waals surface area contributed by atoms with Crippen LogP contribution in [0.2, 0.25) is 0 Å². The number of aliphatic hydroxyl groups is 2. The Kier molecular flexibility index (Phi) is 7.23. The molecule has 0 amide bonds. The van der Waals surface area contributed by atoms with E-state index in [9.17, 15) is 0 Å². The van der Waals surface area contributed by atoms with Crippen LogP contribution in [-0.4, -0.2) is 40.3 Å². The number of hydrogen-bond donors (Lipinski definition) is 4. The van der Waals surface area contributed by atoms with Crippen LogP contribution in [0.15, 0.2) is 0 Å². The van der Waals surface area contributed by atoms with Gasteiger partial charge in [0.05, 0.1) is 18.5 Å². The number of thioether (sulfide) groups is 1. The van der Waals surface area contributed by atoms with Gasteiger partial charge in [-0.25, -0.2) is 0 Å². The second-order valence-electron chi connectivity index (χ2n) is 2.54. The molecule has 0 spiro atoms. The van der Waals surface area contributed by atoms with Crippen molar-refractivity contribution in [1.29, 1.82) is 5.41 Å². The van der Waals surface area contributed by atoms with Crippen LogP contribution in [-0.2, 0) is 0 Å². The summed E-state index contributed by atoms with van der Waals surface area (Å²) in [7, 11) is 0. The van der Waals surface area contributed by atoms with Crippen molar-refractivity contribution in [3.8, 4) is 0 Å². The zero-order valence-electron chi connectivity index (χ0n) is 6.99.